The number of aromatic nitrogens is 6. The van der Waals surface area contributed by atoms with Gasteiger partial charge in [0.05, 0.1) is 0 Å². The maximum absolute atomic E-state index is 12.4. The maximum atomic E-state index is 12.4. The summed E-state index contributed by atoms with van der Waals surface area (Å²) >= 11 is 0. The van der Waals surface area contributed by atoms with Gasteiger partial charge in [0, 0.05) is 28.3 Å². The van der Waals surface area contributed by atoms with Gasteiger partial charge in [0.15, 0.2) is 22.3 Å². The topological polar surface area (TPSA) is 132 Å². The molecule has 0 fully saturated rings. The number of fused-ring (bicyclic) bond motifs is 2. The molecule has 3 aromatic rings. The highest BCUT2D eigenvalue weighted by Gasteiger charge is 2.19. The Labute approximate surface area is 144 Å². The van der Waals surface area contributed by atoms with E-state index in [1.807, 2.05) is 0 Å². The molecule has 0 saturated carbocycles. The molecule has 0 aromatic carbocycles. The average molecular weight is 364 g/mol. The van der Waals surface area contributed by atoms with E-state index in [2.05, 4.69) is 9.97 Å². The summed E-state index contributed by atoms with van der Waals surface area (Å²) in [5.41, 5.74) is -3.30. The third kappa shape index (κ3) is 2.38. The average Bonchev–Trinajstić information content (AvgIpc) is 2.64. The van der Waals surface area contributed by atoms with Crippen LogP contribution >= 0.6 is 0 Å². The molecule has 138 valence electrons. The molecule has 0 amide bonds. The van der Waals surface area contributed by atoms with Crippen molar-refractivity contribution in [3.63, 3.8) is 0 Å². The van der Waals surface area contributed by atoms with Crippen LogP contribution in [0.25, 0.3) is 22.3 Å². The van der Waals surface area contributed by atoms with Crippen LogP contribution in [0.4, 0.5) is 0 Å². The summed E-state index contributed by atoms with van der Waals surface area (Å²) in [5, 5.41) is 0. The second kappa shape index (κ2) is 6.31. The first kappa shape index (κ1) is 17.7. The van der Waals surface area contributed by atoms with Crippen LogP contribution in [-0.4, -0.2) is 42.5 Å². The number of rotatable bonds is 4. The van der Waals surface area contributed by atoms with Gasteiger partial charge >= 0.3 is 11.4 Å². The highest BCUT2D eigenvalue weighted by atomic mass is 16.5. The Morgan fingerprint density at radius 2 is 1.12 bits per heavy atom. The molecule has 12 nitrogen and oxygen atoms in total. The SMILES string of the molecule is COCn1c(=O)n(C)c(=O)c2nc3c(=O)n(C)c(=O)n(COC)c3nc21. The summed E-state index contributed by atoms with van der Waals surface area (Å²) in [5.74, 6) is 0. The van der Waals surface area contributed by atoms with Crippen molar-refractivity contribution in [2.75, 3.05) is 14.2 Å². The van der Waals surface area contributed by atoms with Gasteiger partial charge < -0.3 is 9.47 Å². The summed E-state index contributed by atoms with van der Waals surface area (Å²) in [6, 6.07) is 0. The zero-order valence-corrected chi connectivity index (χ0v) is 14.5. The summed E-state index contributed by atoms with van der Waals surface area (Å²) in [7, 11) is 5.31. The molecular formula is C14H16N6O6. The van der Waals surface area contributed by atoms with Crippen molar-refractivity contribution >= 4 is 22.3 Å². The fraction of sp³-hybridized carbons (Fsp3) is 0.429. The van der Waals surface area contributed by atoms with Crippen LogP contribution in [0.1, 0.15) is 0 Å². The second-order valence-corrected chi connectivity index (χ2v) is 5.55. The van der Waals surface area contributed by atoms with Gasteiger partial charge in [-0.3, -0.25) is 27.9 Å². The quantitative estimate of drug-likeness (QED) is 0.473. The molecule has 0 spiro atoms. The van der Waals surface area contributed by atoms with Crippen molar-refractivity contribution in [3.8, 4) is 0 Å². The van der Waals surface area contributed by atoms with Gasteiger partial charge in [0.1, 0.15) is 13.5 Å². The van der Waals surface area contributed by atoms with Gasteiger partial charge in [-0.05, 0) is 0 Å². The maximum Gasteiger partial charge on any atom is 0.334 e. The van der Waals surface area contributed by atoms with Crippen LogP contribution in [0.5, 0.6) is 0 Å². The molecule has 0 N–H and O–H groups in total. The molecule has 0 radical (unpaired) electrons. The Morgan fingerprint density at radius 3 is 1.46 bits per heavy atom. The molecule has 3 heterocycles. The first-order valence-electron chi connectivity index (χ1n) is 7.42. The number of ether oxygens (including phenoxy) is 2. The largest absolute Gasteiger partial charge is 0.364 e. The predicted octanol–water partition coefficient (Wildman–Crippen LogP) is -2.29. The van der Waals surface area contributed by atoms with E-state index in [0.29, 0.717) is 0 Å². The van der Waals surface area contributed by atoms with Gasteiger partial charge in [-0.2, -0.15) is 0 Å². The smallest absolute Gasteiger partial charge is 0.334 e. The monoisotopic (exact) mass is 364 g/mol. The fourth-order valence-corrected chi connectivity index (χ4v) is 2.61. The van der Waals surface area contributed by atoms with E-state index in [1.165, 1.54) is 28.3 Å². The van der Waals surface area contributed by atoms with Crippen molar-refractivity contribution in [2.45, 2.75) is 13.5 Å². The zero-order chi connectivity index (χ0) is 19.2. The van der Waals surface area contributed by atoms with Crippen molar-refractivity contribution in [3.05, 3.63) is 41.7 Å². The van der Waals surface area contributed by atoms with Crippen LogP contribution in [-0.2, 0) is 37.0 Å². The lowest BCUT2D eigenvalue weighted by atomic mass is 10.4. The summed E-state index contributed by atoms with van der Waals surface area (Å²) in [6.07, 6.45) is 0. The second-order valence-electron chi connectivity index (χ2n) is 5.55. The third-order valence-electron chi connectivity index (χ3n) is 3.94. The number of hydrogen-bond donors (Lipinski definition) is 0. The lowest BCUT2D eigenvalue weighted by Gasteiger charge is -2.13. The summed E-state index contributed by atoms with van der Waals surface area (Å²) in [4.78, 5) is 57.9. The lowest BCUT2D eigenvalue weighted by molar-refractivity contribution is 0.128. The molecule has 0 saturated heterocycles. The molecule has 0 bridgehead atoms. The summed E-state index contributed by atoms with van der Waals surface area (Å²) in [6.45, 7) is -0.383. The van der Waals surface area contributed by atoms with Gasteiger partial charge in [-0.25, -0.2) is 19.6 Å². The van der Waals surface area contributed by atoms with Gasteiger partial charge in [0.25, 0.3) is 11.1 Å². The predicted molar refractivity (Wildman–Crippen MR) is 90.1 cm³/mol. The molecule has 3 rings (SSSR count). The van der Waals surface area contributed by atoms with Gasteiger partial charge in [-0.15, -0.1) is 0 Å². The number of hydrogen-bond acceptors (Lipinski definition) is 8. The Balaban J connectivity index is 2.66. The van der Waals surface area contributed by atoms with Crippen molar-refractivity contribution in [2.24, 2.45) is 14.1 Å². The first-order chi connectivity index (χ1) is 12.3. The molecule has 12 heteroatoms. The Hall–Kier alpha value is -3.12. The molecule has 0 aliphatic carbocycles. The minimum absolute atomic E-state index is 0.0926. The van der Waals surface area contributed by atoms with Crippen molar-refractivity contribution in [1.82, 2.24) is 28.2 Å². The molecule has 26 heavy (non-hydrogen) atoms. The van der Waals surface area contributed by atoms with Crippen LogP contribution in [0.2, 0.25) is 0 Å². The lowest BCUT2D eigenvalue weighted by Crippen LogP contribution is -2.41. The fourth-order valence-electron chi connectivity index (χ4n) is 2.61. The molecule has 0 unspecified atom stereocenters. The standard InChI is InChI=1S/C14H16N6O6/c1-17-11(21)7-9(19(5-25-3)13(17)23)16-10-8(15-7)12(22)18(2)14(24)20(10)6-26-4/h5-6H2,1-4H3. The van der Waals surface area contributed by atoms with E-state index in [0.717, 1.165) is 18.3 Å². The van der Waals surface area contributed by atoms with Gasteiger partial charge in [0.2, 0.25) is 0 Å². The highest BCUT2D eigenvalue weighted by Crippen LogP contribution is 2.09. The van der Waals surface area contributed by atoms with Crippen molar-refractivity contribution < 1.29 is 9.47 Å². The van der Waals surface area contributed by atoms with Crippen LogP contribution in [0.3, 0.4) is 0 Å². The summed E-state index contributed by atoms with van der Waals surface area (Å²) < 4.78 is 13.8. The van der Waals surface area contributed by atoms with E-state index in [-0.39, 0.29) is 35.8 Å². The van der Waals surface area contributed by atoms with E-state index in [4.69, 9.17) is 9.47 Å². The Bertz CT molecular complexity index is 1170. The van der Waals surface area contributed by atoms with E-state index in [1.54, 1.807) is 0 Å². The van der Waals surface area contributed by atoms with Crippen LogP contribution < -0.4 is 22.5 Å². The zero-order valence-electron chi connectivity index (χ0n) is 14.5. The van der Waals surface area contributed by atoms with Crippen LogP contribution in [0.15, 0.2) is 19.2 Å². The third-order valence-corrected chi connectivity index (χ3v) is 3.94. The van der Waals surface area contributed by atoms with E-state index in [9.17, 15) is 19.2 Å². The number of methoxy groups -OCH3 is 2. The molecule has 0 aliphatic rings. The molecule has 3 aromatic heterocycles. The Morgan fingerprint density at radius 1 is 0.731 bits per heavy atom. The minimum atomic E-state index is -0.710. The molecule has 0 atom stereocenters. The first-order valence-corrected chi connectivity index (χ1v) is 7.42. The van der Waals surface area contributed by atoms with Crippen molar-refractivity contribution in [1.29, 1.82) is 0 Å². The number of nitrogens with zero attached hydrogens (tertiary/aromatic N) is 6. The van der Waals surface area contributed by atoms with Crippen LogP contribution in [0, 0.1) is 0 Å². The van der Waals surface area contributed by atoms with E-state index >= 15 is 0 Å². The van der Waals surface area contributed by atoms with E-state index < -0.39 is 22.5 Å². The normalized spacial score (nSPS) is 11.5. The highest BCUT2D eigenvalue weighted by molar-refractivity contribution is 5.81. The minimum Gasteiger partial charge on any atom is -0.364 e. The molecular weight excluding hydrogens is 348 g/mol. The molecule has 0 aliphatic heterocycles. The van der Waals surface area contributed by atoms with Gasteiger partial charge in [-0.1, -0.05) is 0 Å². The Kier molecular flexibility index (Phi) is 4.29.